The third-order valence-corrected chi connectivity index (χ3v) is 4.56. The summed E-state index contributed by atoms with van der Waals surface area (Å²) in [5.41, 5.74) is 12.5. The summed E-state index contributed by atoms with van der Waals surface area (Å²) in [6.45, 7) is 2.01. The number of rotatable bonds is 5. The minimum Gasteiger partial charge on any atom is -0.435 e. The van der Waals surface area contributed by atoms with Crippen LogP contribution in [0.1, 0.15) is 12.6 Å². The highest BCUT2D eigenvalue weighted by Gasteiger charge is 2.19. The minimum atomic E-state index is 0.0450. The van der Waals surface area contributed by atoms with Crippen LogP contribution >= 0.6 is 15.9 Å². The molecule has 11 nitrogen and oxygen atoms in total. The van der Waals surface area contributed by atoms with Crippen molar-refractivity contribution in [1.82, 2.24) is 34.9 Å². The summed E-state index contributed by atoms with van der Waals surface area (Å²) < 4.78 is 12.3. The molecule has 0 amide bonds. The zero-order valence-corrected chi connectivity index (χ0v) is 16.1. The number of hydrogen-bond donors (Lipinski definition) is 3. The molecule has 0 bridgehead atoms. The molecule has 0 aliphatic carbocycles. The van der Waals surface area contributed by atoms with Crippen molar-refractivity contribution in [1.29, 1.82) is 0 Å². The molecular formula is C16H14BrN9O2. The molecule has 0 aliphatic rings. The van der Waals surface area contributed by atoms with Crippen molar-refractivity contribution in [2.45, 2.75) is 13.3 Å². The molecule has 4 aromatic heterocycles. The van der Waals surface area contributed by atoms with E-state index in [9.17, 15) is 0 Å². The minimum absolute atomic E-state index is 0.0450. The number of nitrogens with two attached hydrogens (primary N) is 2. The summed E-state index contributed by atoms with van der Waals surface area (Å²) in [7, 11) is 0. The van der Waals surface area contributed by atoms with Crippen molar-refractivity contribution >= 4 is 38.9 Å². The van der Waals surface area contributed by atoms with Crippen molar-refractivity contribution in [3.05, 3.63) is 35.0 Å². The van der Waals surface area contributed by atoms with Gasteiger partial charge in [0, 0.05) is 5.69 Å². The van der Waals surface area contributed by atoms with Crippen molar-refractivity contribution in [3.63, 3.8) is 0 Å². The highest BCUT2D eigenvalue weighted by atomic mass is 79.9. The van der Waals surface area contributed by atoms with Gasteiger partial charge in [-0.05, 0) is 22.4 Å². The van der Waals surface area contributed by atoms with Gasteiger partial charge in [-0.1, -0.05) is 6.92 Å². The van der Waals surface area contributed by atoms with Crippen LogP contribution in [0.15, 0.2) is 29.3 Å². The number of fused-ring (bicyclic) bond motifs is 1. The van der Waals surface area contributed by atoms with E-state index in [4.69, 9.17) is 20.9 Å². The number of ether oxygens (including phenoxy) is 2. The number of aromatic amines is 1. The van der Waals surface area contributed by atoms with Gasteiger partial charge in [0.05, 0.1) is 34.6 Å². The fraction of sp³-hybridized carbons (Fsp3) is 0.125. The van der Waals surface area contributed by atoms with Crippen molar-refractivity contribution < 1.29 is 9.47 Å². The number of nitrogen functional groups attached to an aromatic ring is 2. The molecule has 0 aromatic carbocycles. The molecule has 0 atom stereocenters. The lowest BCUT2D eigenvalue weighted by molar-refractivity contribution is 0.413. The standard InChI is InChI=1S/C16H14BrN9O2/c1-2-9-11(17)10-12(24-9)25-16(28-8-5-22-15(19)23-6-8)26-13(10)27-7-3-20-14(18)21-4-7/h3-6H,2H2,1H3,(H2,18,20,21)(H2,19,22,23)(H,24,25,26). The Kier molecular flexibility index (Phi) is 4.61. The number of halogens is 1. The molecule has 5 N–H and O–H groups in total. The fourth-order valence-corrected chi connectivity index (χ4v) is 3.13. The summed E-state index contributed by atoms with van der Waals surface area (Å²) in [5.74, 6) is 1.23. The van der Waals surface area contributed by atoms with Crippen molar-refractivity contribution in [2.24, 2.45) is 0 Å². The van der Waals surface area contributed by atoms with E-state index in [-0.39, 0.29) is 23.8 Å². The Morgan fingerprint density at radius 2 is 1.50 bits per heavy atom. The number of anilines is 2. The number of nitrogens with one attached hydrogen (secondary N) is 1. The van der Waals surface area contributed by atoms with Gasteiger partial charge in [0.15, 0.2) is 11.5 Å². The molecule has 0 aliphatic heterocycles. The summed E-state index contributed by atoms with van der Waals surface area (Å²) in [4.78, 5) is 27.6. The average Bonchev–Trinajstić information content (AvgIpc) is 3.01. The molecule has 0 saturated heterocycles. The second-order valence-electron chi connectivity index (χ2n) is 5.56. The topological polar surface area (TPSA) is 164 Å². The van der Waals surface area contributed by atoms with E-state index in [1.54, 1.807) is 0 Å². The van der Waals surface area contributed by atoms with E-state index in [1.165, 1.54) is 24.8 Å². The third kappa shape index (κ3) is 3.49. The van der Waals surface area contributed by atoms with Gasteiger partial charge in [-0.2, -0.15) is 9.97 Å². The van der Waals surface area contributed by atoms with E-state index in [0.29, 0.717) is 22.5 Å². The molecule has 4 aromatic rings. The highest BCUT2D eigenvalue weighted by molar-refractivity contribution is 9.10. The number of aryl methyl sites for hydroxylation is 1. The summed E-state index contributed by atoms with van der Waals surface area (Å²) in [5, 5.41) is 0.662. The van der Waals surface area contributed by atoms with Gasteiger partial charge in [-0.25, -0.2) is 19.9 Å². The smallest absolute Gasteiger partial charge is 0.327 e. The van der Waals surface area contributed by atoms with Gasteiger partial charge >= 0.3 is 6.01 Å². The highest BCUT2D eigenvalue weighted by Crippen LogP contribution is 2.37. The van der Waals surface area contributed by atoms with Crippen LogP contribution in [0.3, 0.4) is 0 Å². The Hall–Kier alpha value is -3.54. The van der Waals surface area contributed by atoms with E-state index in [2.05, 4.69) is 50.8 Å². The van der Waals surface area contributed by atoms with Crippen LogP contribution in [-0.4, -0.2) is 34.9 Å². The number of H-pyrrole nitrogens is 1. The maximum Gasteiger partial charge on any atom is 0.327 e. The maximum atomic E-state index is 5.87. The summed E-state index contributed by atoms with van der Waals surface area (Å²) in [6.07, 6.45) is 6.50. The van der Waals surface area contributed by atoms with Crippen LogP contribution in [-0.2, 0) is 6.42 Å². The first-order chi connectivity index (χ1) is 13.5. The first-order valence-electron chi connectivity index (χ1n) is 8.12. The summed E-state index contributed by atoms with van der Waals surface area (Å²) in [6, 6.07) is 0.0450. The van der Waals surface area contributed by atoms with E-state index < -0.39 is 0 Å². The Morgan fingerprint density at radius 1 is 0.929 bits per heavy atom. The predicted octanol–water partition coefficient (Wildman–Crippen LogP) is 2.61. The average molecular weight is 444 g/mol. The van der Waals surface area contributed by atoms with Crippen LogP contribution < -0.4 is 20.9 Å². The molecule has 0 saturated carbocycles. The Bertz CT molecular complexity index is 1130. The maximum absolute atomic E-state index is 5.87. The molecule has 0 radical (unpaired) electrons. The monoisotopic (exact) mass is 443 g/mol. The Morgan fingerprint density at radius 3 is 2.07 bits per heavy atom. The van der Waals surface area contributed by atoms with E-state index in [0.717, 1.165) is 16.6 Å². The van der Waals surface area contributed by atoms with E-state index >= 15 is 0 Å². The third-order valence-electron chi connectivity index (χ3n) is 3.68. The lowest BCUT2D eigenvalue weighted by Gasteiger charge is -2.08. The lowest BCUT2D eigenvalue weighted by atomic mass is 10.3. The first-order valence-corrected chi connectivity index (χ1v) is 8.91. The van der Waals surface area contributed by atoms with Crippen LogP contribution in [0.25, 0.3) is 11.0 Å². The number of nitrogens with zero attached hydrogens (tertiary/aromatic N) is 6. The quantitative estimate of drug-likeness (QED) is 0.417. The lowest BCUT2D eigenvalue weighted by Crippen LogP contribution is -1.99. The van der Waals surface area contributed by atoms with Crippen molar-refractivity contribution in [2.75, 3.05) is 11.5 Å². The molecule has 0 spiro atoms. The van der Waals surface area contributed by atoms with Crippen LogP contribution in [0.5, 0.6) is 23.4 Å². The largest absolute Gasteiger partial charge is 0.435 e. The van der Waals surface area contributed by atoms with Crippen LogP contribution in [0, 0.1) is 0 Å². The number of aromatic nitrogens is 7. The van der Waals surface area contributed by atoms with Gasteiger partial charge in [0.2, 0.25) is 17.8 Å². The molecule has 4 heterocycles. The molecule has 0 fully saturated rings. The molecule has 12 heteroatoms. The Balaban J connectivity index is 1.78. The normalized spacial score (nSPS) is 10.9. The van der Waals surface area contributed by atoms with Crippen LogP contribution in [0.2, 0.25) is 0 Å². The zero-order chi connectivity index (χ0) is 19.7. The predicted molar refractivity (Wildman–Crippen MR) is 104 cm³/mol. The zero-order valence-electron chi connectivity index (χ0n) is 14.5. The van der Waals surface area contributed by atoms with Crippen LogP contribution in [0.4, 0.5) is 11.9 Å². The molecular weight excluding hydrogens is 430 g/mol. The van der Waals surface area contributed by atoms with Gasteiger partial charge < -0.3 is 25.9 Å². The SMILES string of the molecule is CCc1[nH]c2nc(Oc3cnc(N)nc3)nc(Oc3cnc(N)nc3)c2c1Br. The molecule has 28 heavy (non-hydrogen) atoms. The molecule has 4 rings (SSSR count). The molecule has 142 valence electrons. The molecule has 0 unspecified atom stereocenters. The first kappa shape index (κ1) is 17.9. The summed E-state index contributed by atoms with van der Waals surface area (Å²) >= 11 is 3.57. The van der Waals surface area contributed by atoms with Gasteiger partial charge in [0.25, 0.3) is 0 Å². The van der Waals surface area contributed by atoms with Gasteiger partial charge in [0.1, 0.15) is 5.65 Å². The Labute approximate surface area is 166 Å². The van der Waals surface area contributed by atoms with E-state index in [1.807, 2.05) is 6.92 Å². The second-order valence-corrected chi connectivity index (χ2v) is 6.36. The van der Waals surface area contributed by atoms with Gasteiger partial charge in [-0.3, -0.25) is 0 Å². The second kappa shape index (κ2) is 7.23. The number of hydrogen-bond acceptors (Lipinski definition) is 10. The van der Waals surface area contributed by atoms with Crippen molar-refractivity contribution in [3.8, 4) is 23.4 Å². The van der Waals surface area contributed by atoms with Gasteiger partial charge in [-0.15, -0.1) is 0 Å². The fourth-order valence-electron chi connectivity index (χ4n) is 2.40.